The fourth-order valence-electron chi connectivity index (χ4n) is 4.56. The lowest BCUT2D eigenvalue weighted by Gasteiger charge is -2.24. The van der Waals surface area contributed by atoms with E-state index >= 15 is 0 Å². The SMILES string of the molecule is COc1ccc(COC(/C=C\C[C@H](C)O)[C@H]2OC(C)(C)O[C@H]2C/C=C/c2c(C)ccc(C)c2C(=O)O)cc1.O=C=O. The summed E-state index contributed by atoms with van der Waals surface area (Å²) in [7, 11) is 1.63. The molecule has 1 aliphatic heterocycles. The van der Waals surface area contributed by atoms with Crippen molar-refractivity contribution in [1.29, 1.82) is 0 Å². The molecular formula is C32H40O9. The lowest BCUT2D eigenvalue weighted by molar-refractivity contribution is -0.191. The van der Waals surface area contributed by atoms with E-state index in [-0.39, 0.29) is 12.3 Å². The largest absolute Gasteiger partial charge is 0.497 e. The van der Waals surface area contributed by atoms with Gasteiger partial charge in [-0.3, -0.25) is 0 Å². The lowest BCUT2D eigenvalue weighted by atomic mass is 9.96. The van der Waals surface area contributed by atoms with E-state index in [1.54, 1.807) is 21.0 Å². The van der Waals surface area contributed by atoms with Crippen molar-refractivity contribution in [2.75, 3.05) is 7.11 Å². The zero-order valence-electron chi connectivity index (χ0n) is 24.5. The fourth-order valence-corrected chi connectivity index (χ4v) is 4.56. The Morgan fingerprint density at radius 1 is 1.07 bits per heavy atom. The Morgan fingerprint density at radius 2 is 1.71 bits per heavy atom. The predicted octanol–water partition coefficient (Wildman–Crippen LogP) is 5.26. The molecule has 1 fully saturated rings. The van der Waals surface area contributed by atoms with Crippen molar-refractivity contribution in [3.63, 3.8) is 0 Å². The van der Waals surface area contributed by atoms with E-state index in [1.807, 2.05) is 81.5 Å². The van der Waals surface area contributed by atoms with Crippen molar-refractivity contribution in [2.24, 2.45) is 0 Å². The molecule has 3 rings (SSSR count). The van der Waals surface area contributed by atoms with Crippen LogP contribution in [0.1, 0.15) is 66.2 Å². The summed E-state index contributed by atoms with van der Waals surface area (Å²) in [4.78, 5) is 28.1. The number of carboxylic acid groups (broad SMARTS) is 1. The Hall–Kier alpha value is -3.59. The molecule has 2 aromatic carbocycles. The molecule has 0 spiro atoms. The van der Waals surface area contributed by atoms with E-state index in [4.69, 9.17) is 28.5 Å². The number of aryl methyl sites for hydroxylation is 2. The monoisotopic (exact) mass is 568 g/mol. The number of methoxy groups -OCH3 is 1. The molecule has 1 heterocycles. The molecule has 0 saturated carbocycles. The molecule has 0 aliphatic carbocycles. The number of benzene rings is 2. The fraction of sp³-hybridized carbons (Fsp3) is 0.438. The van der Waals surface area contributed by atoms with Crippen LogP contribution in [0.5, 0.6) is 5.75 Å². The molecule has 9 heteroatoms. The summed E-state index contributed by atoms with van der Waals surface area (Å²) in [6.07, 6.45) is 7.26. The van der Waals surface area contributed by atoms with Crippen LogP contribution in [0.3, 0.4) is 0 Å². The smallest absolute Gasteiger partial charge is 0.373 e. The van der Waals surface area contributed by atoms with Crippen LogP contribution in [-0.2, 0) is 30.4 Å². The van der Waals surface area contributed by atoms with Crippen molar-refractivity contribution < 1.29 is 43.5 Å². The van der Waals surface area contributed by atoms with Gasteiger partial charge in [0, 0.05) is 0 Å². The van der Waals surface area contributed by atoms with Gasteiger partial charge in [0.05, 0.1) is 31.5 Å². The van der Waals surface area contributed by atoms with Crippen LogP contribution in [0.15, 0.2) is 54.6 Å². The number of hydrogen-bond donors (Lipinski definition) is 2. The van der Waals surface area contributed by atoms with Crippen LogP contribution >= 0.6 is 0 Å². The standard InChI is InChI=1S/C31H40O7.CO2/c1-20-13-14-21(2)28(30(33)34)25(20)10-8-12-27-29(38-31(4,5)37-27)26(11-7-9-22(3)32)36-19-23-15-17-24(35-6)18-16-23;2-1-3/h7-8,10-11,13-18,22,26-27,29,32H,9,12,19H2,1-6H3,(H,33,34);/b10-8+,11-7-;/t22-,26?,27-,29+;/m0./s1. The maximum absolute atomic E-state index is 11.9. The molecule has 2 aromatic rings. The van der Waals surface area contributed by atoms with Gasteiger partial charge in [0.1, 0.15) is 18.0 Å². The number of aliphatic hydroxyl groups is 1. The summed E-state index contributed by atoms with van der Waals surface area (Å²) in [5.74, 6) is -0.979. The molecule has 1 unspecified atom stereocenters. The Kier molecular flexibility index (Phi) is 13.1. The van der Waals surface area contributed by atoms with Gasteiger partial charge >= 0.3 is 12.1 Å². The molecule has 222 valence electrons. The molecule has 0 bridgehead atoms. The van der Waals surface area contributed by atoms with Gasteiger partial charge in [0.2, 0.25) is 0 Å². The maximum atomic E-state index is 11.9. The van der Waals surface area contributed by atoms with Gasteiger partial charge in [-0.2, -0.15) is 9.59 Å². The Bertz CT molecular complexity index is 1220. The number of ether oxygens (including phenoxy) is 4. The van der Waals surface area contributed by atoms with Crippen LogP contribution in [0, 0.1) is 13.8 Å². The van der Waals surface area contributed by atoms with Gasteiger partial charge < -0.3 is 29.2 Å². The first-order valence-electron chi connectivity index (χ1n) is 13.4. The van der Waals surface area contributed by atoms with E-state index in [2.05, 4.69) is 0 Å². The Morgan fingerprint density at radius 3 is 2.29 bits per heavy atom. The number of rotatable bonds is 12. The molecule has 0 amide bonds. The van der Waals surface area contributed by atoms with Crippen LogP contribution in [0.25, 0.3) is 6.08 Å². The minimum Gasteiger partial charge on any atom is -0.497 e. The molecule has 4 atom stereocenters. The van der Waals surface area contributed by atoms with Crippen molar-refractivity contribution >= 4 is 18.2 Å². The number of aromatic carboxylic acids is 1. The topological polar surface area (TPSA) is 129 Å². The normalized spacial score (nSPS) is 19.4. The number of carbonyl (C=O) groups is 1. The van der Waals surface area contributed by atoms with Crippen molar-refractivity contribution in [2.45, 2.75) is 84.3 Å². The van der Waals surface area contributed by atoms with Gasteiger partial charge in [0.25, 0.3) is 0 Å². The second-order valence-electron chi connectivity index (χ2n) is 10.3. The Balaban J connectivity index is 0.00000187. The molecule has 41 heavy (non-hydrogen) atoms. The molecule has 0 aromatic heterocycles. The van der Waals surface area contributed by atoms with Crippen LogP contribution in [0.2, 0.25) is 0 Å². The number of hydrogen-bond acceptors (Lipinski definition) is 8. The minimum absolute atomic E-state index is 0.250. The van der Waals surface area contributed by atoms with E-state index in [1.165, 1.54) is 0 Å². The second kappa shape index (κ2) is 16.0. The third kappa shape index (κ3) is 10.4. The average molecular weight is 569 g/mol. The Labute approximate surface area is 241 Å². The third-order valence-electron chi connectivity index (χ3n) is 6.49. The second-order valence-corrected chi connectivity index (χ2v) is 10.3. The zero-order valence-corrected chi connectivity index (χ0v) is 24.5. The van der Waals surface area contributed by atoms with Crippen molar-refractivity contribution in [3.05, 3.63) is 82.4 Å². The molecule has 9 nitrogen and oxygen atoms in total. The first kappa shape index (κ1) is 33.6. The first-order valence-corrected chi connectivity index (χ1v) is 13.4. The van der Waals surface area contributed by atoms with Gasteiger partial charge in [-0.15, -0.1) is 0 Å². The molecule has 0 radical (unpaired) electrons. The third-order valence-corrected chi connectivity index (χ3v) is 6.49. The quantitative estimate of drug-likeness (QED) is 0.329. The van der Waals surface area contributed by atoms with E-state index in [0.717, 1.165) is 22.4 Å². The van der Waals surface area contributed by atoms with Gasteiger partial charge in [-0.05, 0) is 81.8 Å². The van der Waals surface area contributed by atoms with Gasteiger partial charge in [0.15, 0.2) is 5.79 Å². The maximum Gasteiger partial charge on any atom is 0.373 e. The highest BCUT2D eigenvalue weighted by Gasteiger charge is 2.44. The lowest BCUT2D eigenvalue weighted by Crippen LogP contribution is -2.36. The summed E-state index contributed by atoms with van der Waals surface area (Å²) in [5.41, 5.74) is 3.61. The molecule has 2 N–H and O–H groups in total. The van der Waals surface area contributed by atoms with Crippen molar-refractivity contribution in [1.82, 2.24) is 0 Å². The predicted molar refractivity (Wildman–Crippen MR) is 152 cm³/mol. The van der Waals surface area contributed by atoms with E-state index < -0.39 is 30.1 Å². The number of aliphatic hydroxyl groups excluding tert-OH is 1. The van der Waals surface area contributed by atoms with Crippen LogP contribution < -0.4 is 4.74 Å². The molecule has 1 saturated heterocycles. The number of carbonyl (C=O) groups excluding carboxylic acids is 2. The number of carboxylic acids is 1. The first-order chi connectivity index (χ1) is 19.4. The zero-order chi connectivity index (χ0) is 30.6. The van der Waals surface area contributed by atoms with Gasteiger partial charge in [-0.1, -0.05) is 48.6 Å². The summed E-state index contributed by atoms with van der Waals surface area (Å²) in [6.45, 7) is 9.55. The van der Waals surface area contributed by atoms with Gasteiger partial charge in [-0.25, -0.2) is 4.79 Å². The highest BCUT2D eigenvalue weighted by atomic mass is 16.8. The van der Waals surface area contributed by atoms with E-state index in [9.17, 15) is 15.0 Å². The average Bonchev–Trinajstić information content (AvgIpc) is 3.22. The molecular weight excluding hydrogens is 528 g/mol. The van der Waals surface area contributed by atoms with E-state index in [0.29, 0.717) is 30.6 Å². The summed E-state index contributed by atoms with van der Waals surface area (Å²) in [5, 5.41) is 19.5. The summed E-state index contributed by atoms with van der Waals surface area (Å²) in [6, 6.07) is 11.4. The molecule has 1 aliphatic rings. The summed E-state index contributed by atoms with van der Waals surface area (Å²) >= 11 is 0. The van der Waals surface area contributed by atoms with Crippen LogP contribution in [0.4, 0.5) is 0 Å². The highest BCUT2D eigenvalue weighted by molar-refractivity contribution is 5.94. The minimum atomic E-state index is -0.944. The van der Waals surface area contributed by atoms with Crippen LogP contribution in [-0.4, -0.2) is 59.6 Å². The summed E-state index contributed by atoms with van der Waals surface area (Å²) < 4.78 is 24.1. The highest BCUT2D eigenvalue weighted by Crippen LogP contribution is 2.34. The van der Waals surface area contributed by atoms with Crippen molar-refractivity contribution in [3.8, 4) is 5.75 Å².